The first kappa shape index (κ1) is 21.0. The van der Waals surface area contributed by atoms with Gasteiger partial charge in [0.25, 0.3) is 5.91 Å². The van der Waals surface area contributed by atoms with E-state index in [-0.39, 0.29) is 17.4 Å². The van der Waals surface area contributed by atoms with Crippen LogP contribution in [-0.4, -0.2) is 49.6 Å². The van der Waals surface area contributed by atoms with Crippen molar-refractivity contribution < 1.29 is 23.0 Å². The summed E-state index contributed by atoms with van der Waals surface area (Å²) in [5.41, 5.74) is 2.52. The lowest BCUT2D eigenvalue weighted by molar-refractivity contribution is -0.0512. The topological polar surface area (TPSA) is 42.0 Å². The molecule has 0 aromatic heterocycles. The molecular formula is C22H26F2N2O3. The number of alkyl halides is 2. The fourth-order valence-electron chi connectivity index (χ4n) is 3.57. The molecule has 0 aliphatic carbocycles. The van der Waals surface area contributed by atoms with Crippen LogP contribution < -0.4 is 9.47 Å². The first-order valence-electron chi connectivity index (χ1n) is 9.64. The van der Waals surface area contributed by atoms with E-state index in [1.165, 1.54) is 26.0 Å². The number of ether oxygens (including phenoxy) is 2. The zero-order chi connectivity index (χ0) is 20.8. The van der Waals surface area contributed by atoms with Crippen LogP contribution in [0.4, 0.5) is 8.78 Å². The number of benzene rings is 2. The molecule has 29 heavy (non-hydrogen) atoms. The fourth-order valence-corrected chi connectivity index (χ4v) is 3.57. The lowest BCUT2D eigenvalue weighted by Crippen LogP contribution is -2.26. The van der Waals surface area contributed by atoms with Crippen LogP contribution in [0.1, 0.15) is 34.3 Å². The molecule has 1 heterocycles. The van der Waals surface area contributed by atoms with E-state index in [1.807, 2.05) is 24.3 Å². The van der Waals surface area contributed by atoms with Crippen LogP contribution in [0.5, 0.6) is 11.5 Å². The zero-order valence-electron chi connectivity index (χ0n) is 16.7. The van der Waals surface area contributed by atoms with E-state index in [0.29, 0.717) is 12.1 Å². The average Bonchev–Trinajstić information content (AvgIpc) is 3.21. The van der Waals surface area contributed by atoms with Gasteiger partial charge in [-0.3, -0.25) is 9.69 Å². The Morgan fingerprint density at radius 3 is 2.55 bits per heavy atom. The van der Waals surface area contributed by atoms with Crippen molar-refractivity contribution in [3.05, 3.63) is 59.2 Å². The van der Waals surface area contributed by atoms with Crippen LogP contribution in [0.25, 0.3) is 0 Å². The van der Waals surface area contributed by atoms with Gasteiger partial charge in [-0.1, -0.05) is 18.2 Å². The molecule has 0 bridgehead atoms. The van der Waals surface area contributed by atoms with Crippen molar-refractivity contribution in [3.8, 4) is 11.5 Å². The van der Waals surface area contributed by atoms with Gasteiger partial charge in [-0.25, -0.2) is 0 Å². The third-order valence-corrected chi connectivity index (χ3v) is 4.99. The first-order chi connectivity index (χ1) is 14.0. The summed E-state index contributed by atoms with van der Waals surface area (Å²) in [7, 11) is 3.10. The summed E-state index contributed by atoms with van der Waals surface area (Å²) < 4.78 is 34.5. The van der Waals surface area contributed by atoms with Crippen LogP contribution in [0, 0.1) is 0 Å². The number of nitrogens with zero attached hydrogens (tertiary/aromatic N) is 2. The van der Waals surface area contributed by atoms with Crippen molar-refractivity contribution in [3.63, 3.8) is 0 Å². The predicted molar refractivity (Wildman–Crippen MR) is 106 cm³/mol. The van der Waals surface area contributed by atoms with Gasteiger partial charge >= 0.3 is 6.61 Å². The van der Waals surface area contributed by atoms with Crippen molar-refractivity contribution in [2.24, 2.45) is 0 Å². The highest BCUT2D eigenvalue weighted by Gasteiger charge is 2.17. The Morgan fingerprint density at radius 1 is 1.10 bits per heavy atom. The lowest BCUT2D eigenvalue weighted by Gasteiger charge is -2.20. The van der Waals surface area contributed by atoms with Crippen LogP contribution in [0.3, 0.4) is 0 Å². The van der Waals surface area contributed by atoms with Crippen molar-refractivity contribution in [2.45, 2.75) is 32.5 Å². The molecule has 0 spiro atoms. The molecule has 2 aromatic rings. The maximum atomic E-state index is 12.9. The van der Waals surface area contributed by atoms with Gasteiger partial charge in [0.15, 0.2) is 11.5 Å². The van der Waals surface area contributed by atoms with Crippen molar-refractivity contribution in [2.75, 3.05) is 27.2 Å². The molecule has 0 unspecified atom stereocenters. The second-order valence-electron chi connectivity index (χ2n) is 7.21. The summed E-state index contributed by atoms with van der Waals surface area (Å²) >= 11 is 0. The molecule has 3 rings (SSSR count). The quantitative estimate of drug-likeness (QED) is 0.663. The summed E-state index contributed by atoms with van der Waals surface area (Å²) in [6, 6.07) is 12.4. The molecule has 156 valence electrons. The predicted octanol–water partition coefficient (Wildman–Crippen LogP) is 4.16. The van der Waals surface area contributed by atoms with Gasteiger partial charge in [0, 0.05) is 25.7 Å². The second kappa shape index (κ2) is 9.69. The molecule has 1 amide bonds. The molecule has 0 atom stereocenters. The van der Waals surface area contributed by atoms with Crippen molar-refractivity contribution in [1.29, 1.82) is 0 Å². The third kappa shape index (κ3) is 5.67. The summed E-state index contributed by atoms with van der Waals surface area (Å²) in [6.45, 7) is 0.455. The summed E-state index contributed by atoms with van der Waals surface area (Å²) in [5, 5.41) is 0. The number of halogens is 2. The maximum absolute atomic E-state index is 12.9. The number of rotatable bonds is 8. The van der Waals surface area contributed by atoms with Crippen molar-refractivity contribution >= 4 is 5.91 Å². The minimum Gasteiger partial charge on any atom is -0.493 e. The van der Waals surface area contributed by atoms with E-state index < -0.39 is 6.61 Å². The fraction of sp³-hybridized carbons (Fsp3) is 0.409. The molecule has 2 aromatic carbocycles. The summed E-state index contributed by atoms with van der Waals surface area (Å²) in [4.78, 5) is 16.8. The minimum absolute atomic E-state index is 0.0326. The normalized spacial score (nSPS) is 14.2. The number of amides is 1. The monoisotopic (exact) mass is 404 g/mol. The Labute approximate surface area is 169 Å². The molecule has 0 saturated carbocycles. The first-order valence-corrected chi connectivity index (χ1v) is 9.64. The van der Waals surface area contributed by atoms with Gasteiger partial charge in [-0.2, -0.15) is 8.78 Å². The number of methoxy groups -OCH3 is 1. The van der Waals surface area contributed by atoms with E-state index in [0.717, 1.165) is 30.8 Å². The van der Waals surface area contributed by atoms with Crippen molar-refractivity contribution in [1.82, 2.24) is 9.80 Å². The summed E-state index contributed by atoms with van der Waals surface area (Å²) in [6.07, 6.45) is 2.46. The molecule has 1 aliphatic rings. The number of hydrogen-bond acceptors (Lipinski definition) is 4. The van der Waals surface area contributed by atoms with Gasteiger partial charge < -0.3 is 14.4 Å². The highest BCUT2D eigenvalue weighted by Crippen LogP contribution is 2.30. The molecule has 7 heteroatoms. The molecule has 0 radical (unpaired) electrons. The standard InChI is InChI=1S/C22H26F2N2O3/c1-25(14-17-8-9-19(29-22(23)24)20(13-17)28-2)21(27)18-7-5-6-16(12-18)15-26-10-3-4-11-26/h5-9,12-13,22H,3-4,10-11,14-15H2,1-2H3. The summed E-state index contributed by atoms with van der Waals surface area (Å²) in [5.74, 6) is 0.0752. The van der Waals surface area contributed by atoms with Gasteiger partial charge in [-0.15, -0.1) is 0 Å². The SMILES string of the molecule is COc1cc(CN(C)C(=O)c2cccc(CN3CCCC3)c2)ccc1OC(F)F. The highest BCUT2D eigenvalue weighted by atomic mass is 19.3. The lowest BCUT2D eigenvalue weighted by atomic mass is 10.1. The number of carbonyl (C=O) groups is 1. The van der Waals surface area contributed by atoms with Crippen LogP contribution in [-0.2, 0) is 13.1 Å². The Morgan fingerprint density at radius 2 is 1.86 bits per heavy atom. The van der Waals surface area contributed by atoms with Crippen LogP contribution in [0.15, 0.2) is 42.5 Å². The Hall–Kier alpha value is -2.67. The average molecular weight is 404 g/mol. The van der Waals surface area contributed by atoms with E-state index in [1.54, 1.807) is 24.1 Å². The van der Waals surface area contributed by atoms with Gasteiger partial charge in [-0.05, 0) is 61.3 Å². The Bertz CT molecular complexity index is 839. The molecule has 0 N–H and O–H groups in total. The second-order valence-corrected chi connectivity index (χ2v) is 7.21. The van der Waals surface area contributed by atoms with E-state index in [9.17, 15) is 13.6 Å². The number of hydrogen-bond donors (Lipinski definition) is 0. The largest absolute Gasteiger partial charge is 0.493 e. The minimum atomic E-state index is -2.92. The van der Waals surface area contributed by atoms with Crippen LogP contribution in [0.2, 0.25) is 0 Å². The number of likely N-dealkylation sites (tertiary alicyclic amines) is 1. The maximum Gasteiger partial charge on any atom is 0.387 e. The Kier molecular flexibility index (Phi) is 7.04. The smallest absolute Gasteiger partial charge is 0.387 e. The molecule has 1 fully saturated rings. The molecule has 1 aliphatic heterocycles. The van der Waals surface area contributed by atoms with E-state index in [4.69, 9.17) is 4.74 Å². The van der Waals surface area contributed by atoms with E-state index >= 15 is 0 Å². The van der Waals surface area contributed by atoms with E-state index in [2.05, 4.69) is 9.64 Å². The van der Waals surface area contributed by atoms with Gasteiger partial charge in [0.2, 0.25) is 0 Å². The highest BCUT2D eigenvalue weighted by molar-refractivity contribution is 5.94. The Balaban J connectivity index is 1.67. The molecular weight excluding hydrogens is 378 g/mol. The molecule has 5 nitrogen and oxygen atoms in total. The number of carbonyl (C=O) groups excluding carboxylic acids is 1. The van der Waals surface area contributed by atoms with Crippen LogP contribution >= 0.6 is 0 Å². The zero-order valence-corrected chi connectivity index (χ0v) is 16.7. The van der Waals surface area contributed by atoms with Gasteiger partial charge in [0.05, 0.1) is 7.11 Å². The van der Waals surface area contributed by atoms with Gasteiger partial charge in [0.1, 0.15) is 0 Å². The third-order valence-electron chi connectivity index (χ3n) is 4.99. The molecule has 1 saturated heterocycles.